The van der Waals surface area contributed by atoms with Crippen LogP contribution < -0.4 is 5.32 Å². The van der Waals surface area contributed by atoms with Gasteiger partial charge in [-0.25, -0.2) is 9.97 Å². The number of esters is 1. The molecule has 1 aliphatic rings. The Balaban J connectivity index is 1.65. The highest BCUT2D eigenvalue weighted by Gasteiger charge is 2.21. The van der Waals surface area contributed by atoms with Gasteiger partial charge in [-0.3, -0.25) is 9.59 Å². The number of pyridine rings is 1. The number of carbonyl (C=O) groups is 2. The third-order valence-electron chi connectivity index (χ3n) is 4.96. The fourth-order valence-corrected chi connectivity index (χ4v) is 4.98. The fraction of sp³-hybridized carbons (Fsp3) is 0.500. The number of nitrogens with zero attached hydrogens (tertiary/aromatic N) is 3. The third-order valence-corrected chi connectivity index (χ3v) is 6.87. The number of anilines is 1. The number of nitrogens with one attached hydrogen (secondary N) is 1. The van der Waals surface area contributed by atoms with Crippen molar-refractivity contribution in [2.45, 2.75) is 69.1 Å². The Kier molecular flexibility index (Phi) is 8.43. The molecule has 0 spiro atoms. The van der Waals surface area contributed by atoms with E-state index in [1.54, 1.807) is 19.2 Å². The van der Waals surface area contributed by atoms with E-state index in [1.165, 1.54) is 35.9 Å². The van der Waals surface area contributed by atoms with Gasteiger partial charge in [-0.15, -0.1) is 11.3 Å². The number of hydrogen-bond acceptors (Lipinski definition) is 8. The van der Waals surface area contributed by atoms with E-state index in [1.807, 2.05) is 6.07 Å². The lowest BCUT2D eigenvalue weighted by Gasteiger charge is -2.16. The monoisotopic (exact) mass is 458 g/mol. The van der Waals surface area contributed by atoms with Gasteiger partial charge in [-0.2, -0.15) is 5.26 Å². The molecule has 31 heavy (non-hydrogen) atoms. The van der Waals surface area contributed by atoms with E-state index in [0.717, 1.165) is 36.9 Å². The maximum atomic E-state index is 12.7. The Morgan fingerprint density at radius 2 is 2.06 bits per heavy atom. The standard InChI is InChI=1S/C22H26N4O3S2/c1-3-29-19(27)11-17-13-30-22(24-17)26-20(28)14(2)31-21-16(12-23)10-15-8-6-4-5-7-9-18(15)25-21/h10,13-14H,3-9,11H2,1-2H3,(H,24,26,28). The normalized spacial score (nSPS) is 14.5. The summed E-state index contributed by atoms with van der Waals surface area (Å²) in [6.45, 7) is 3.86. The van der Waals surface area contributed by atoms with E-state index < -0.39 is 5.25 Å². The molecule has 0 aromatic carbocycles. The predicted octanol–water partition coefficient (Wildman–Crippen LogP) is 4.29. The van der Waals surface area contributed by atoms with Crippen LogP contribution >= 0.6 is 23.1 Å². The topological polar surface area (TPSA) is 105 Å². The number of carbonyl (C=O) groups excluding carboxylic acids is 2. The average Bonchev–Trinajstić information content (AvgIpc) is 3.15. The molecule has 9 heteroatoms. The number of rotatable bonds is 7. The molecule has 2 heterocycles. The van der Waals surface area contributed by atoms with Gasteiger partial charge in [0.1, 0.15) is 11.1 Å². The van der Waals surface area contributed by atoms with Crippen LogP contribution in [0.2, 0.25) is 0 Å². The molecule has 0 saturated heterocycles. The maximum Gasteiger partial charge on any atom is 0.311 e. The second-order valence-electron chi connectivity index (χ2n) is 7.35. The number of aromatic nitrogens is 2. The molecule has 3 rings (SSSR count). The van der Waals surface area contributed by atoms with Crippen LogP contribution in [0.15, 0.2) is 16.5 Å². The number of thioether (sulfide) groups is 1. The Morgan fingerprint density at radius 3 is 2.81 bits per heavy atom. The van der Waals surface area contributed by atoms with Crippen molar-refractivity contribution in [3.63, 3.8) is 0 Å². The van der Waals surface area contributed by atoms with Crippen molar-refractivity contribution in [1.82, 2.24) is 9.97 Å². The van der Waals surface area contributed by atoms with Gasteiger partial charge < -0.3 is 10.1 Å². The van der Waals surface area contributed by atoms with E-state index in [9.17, 15) is 14.9 Å². The summed E-state index contributed by atoms with van der Waals surface area (Å²) in [6, 6.07) is 4.19. The van der Waals surface area contributed by atoms with Crippen LogP contribution in [0.25, 0.3) is 0 Å². The van der Waals surface area contributed by atoms with E-state index in [0.29, 0.717) is 28.0 Å². The Labute approximate surface area is 190 Å². The zero-order chi connectivity index (χ0) is 22.2. The first-order chi connectivity index (χ1) is 15.0. The predicted molar refractivity (Wildman–Crippen MR) is 121 cm³/mol. The van der Waals surface area contributed by atoms with Gasteiger partial charge in [0, 0.05) is 11.1 Å². The van der Waals surface area contributed by atoms with Crippen LogP contribution in [0.3, 0.4) is 0 Å². The van der Waals surface area contributed by atoms with Crippen molar-refractivity contribution in [3.05, 3.63) is 34.0 Å². The lowest BCUT2D eigenvalue weighted by Crippen LogP contribution is -2.22. The highest BCUT2D eigenvalue weighted by atomic mass is 32.2. The van der Waals surface area contributed by atoms with E-state index in [2.05, 4.69) is 16.4 Å². The van der Waals surface area contributed by atoms with Crippen LogP contribution in [0.1, 0.15) is 62.0 Å². The van der Waals surface area contributed by atoms with Crippen molar-refractivity contribution in [1.29, 1.82) is 5.26 Å². The molecular formula is C22H26N4O3S2. The number of aryl methyl sites for hydroxylation is 2. The van der Waals surface area contributed by atoms with Crippen molar-refractivity contribution in [3.8, 4) is 6.07 Å². The third kappa shape index (κ3) is 6.52. The summed E-state index contributed by atoms with van der Waals surface area (Å²) < 4.78 is 4.92. The molecule has 7 nitrogen and oxygen atoms in total. The van der Waals surface area contributed by atoms with Gasteiger partial charge in [-0.1, -0.05) is 24.6 Å². The van der Waals surface area contributed by atoms with Crippen LogP contribution in [-0.4, -0.2) is 33.7 Å². The van der Waals surface area contributed by atoms with Gasteiger partial charge in [0.2, 0.25) is 5.91 Å². The zero-order valence-electron chi connectivity index (χ0n) is 17.8. The summed E-state index contributed by atoms with van der Waals surface area (Å²) in [6.07, 6.45) is 6.59. The van der Waals surface area contributed by atoms with Gasteiger partial charge in [-0.05, 0) is 51.2 Å². The van der Waals surface area contributed by atoms with E-state index in [4.69, 9.17) is 9.72 Å². The molecular weight excluding hydrogens is 432 g/mol. The number of hydrogen-bond donors (Lipinski definition) is 1. The molecule has 0 bridgehead atoms. The molecule has 0 fully saturated rings. The first-order valence-corrected chi connectivity index (χ1v) is 12.3. The van der Waals surface area contributed by atoms with Crippen molar-refractivity contribution in [2.24, 2.45) is 0 Å². The Morgan fingerprint density at radius 1 is 1.29 bits per heavy atom. The lowest BCUT2D eigenvalue weighted by molar-refractivity contribution is -0.142. The summed E-state index contributed by atoms with van der Waals surface area (Å²) in [4.78, 5) is 33.3. The Hall–Kier alpha value is -2.44. The quantitative estimate of drug-likeness (QED) is 0.487. The minimum atomic E-state index is -0.455. The fourth-order valence-electron chi connectivity index (χ4n) is 3.37. The molecule has 2 aromatic rings. The molecule has 1 aliphatic carbocycles. The number of amides is 1. The summed E-state index contributed by atoms with van der Waals surface area (Å²) in [5.74, 6) is -0.567. The minimum absolute atomic E-state index is 0.0785. The SMILES string of the molecule is CCOC(=O)Cc1csc(NC(=O)C(C)Sc2nc3c(cc2C#N)CCCCCC3)n1. The number of nitriles is 1. The molecule has 1 unspecified atom stereocenters. The van der Waals surface area contributed by atoms with Crippen molar-refractivity contribution in [2.75, 3.05) is 11.9 Å². The van der Waals surface area contributed by atoms with Gasteiger partial charge in [0.05, 0.1) is 29.5 Å². The molecule has 2 aromatic heterocycles. The minimum Gasteiger partial charge on any atom is -0.466 e. The van der Waals surface area contributed by atoms with E-state index >= 15 is 0 Å². The molecule has 0 radical (unpaired) electrons. The lowest BCUT2D eigenvalue weighted by atomic mass is 9.96. The summed E-state index contributed by atoms with van der Waals surface area (Å²) >= 11 is 2.55. The van der Waals surface area contributed by atoms with Gasteiger partial charge >= 0.3 is 5.97 Å². The second-order valence-corrected chi connectivity index (χ2v) is 9.54. The molecule has 0 aliphatic heterocycles. The Bertz CT molecular complexity index is 984. The molecule has 1 amide bonds. The highest BCUT2D eigenvalue weighted by Crippen LogP contribution is 2.30. The van der Waals surface area contributed by atoms with Crippen LogP contribution in [0.4, 0.5) is 5.13 Å². The molecule has 164 valence electrons. The van der Waals surface area contributed by atoms with Gasteiger partial charge in [0.25, 0.3) is 0 Å². The first-order valence-electron chi connectivity index (χ1n) is 10.5. The smallest absolute Gasteiger partial charge is 0.311 e. The summed E-state index contributed by atoms with van der Waals surface area (Å²) in [5, 5.41) is 14.7. The highest BCUT2D eigenvalue weighted by molar-refractivity contribution is 8.00. The number of fused-ring (bicyclic) bond motifs is 1. The molecule has 1 atom stereocenters. The van der Waals surface area contributed by atoms with Crippen LogP contribution in [0, 0.1) is 11.3 Å². The molecule has 1 N–H and O–H groups in total. The largest absolute Gasteiger partial charge is 0.466 e. The zero-order valence-corrected chi connectivity index (χ0v) is 19.4. The summed E-state index contributed by atoms with van der Waals surface area (Å²) in [5.41, 5.74) is 3.30. The van der Waals surface area contributed by atoms with Crippen molar-refractivity contribution < 1.29 is 14.3 Å². The number of thiazole rings is 1. The number of ether oxygens (including phenoxy) is 1. The second kappa shape index (κ2) is 11.3. The average molecular weight is 459 g/mol. The summed E-state index contributed by atoms with van der Waals surface area (Å²) in [7, 11) is 0. The maximum absolute atomic E-state index is 12.7. The van der Waals surface area contributed by atoms with Crippen molar-refractivity contribution >= 4 is 40.1 Å². The van der Waals surface area contributed by atoms with Crippen LogP contribution in [-0.2, 0) is 33.6 Å². The molecule has 0 saturated carbocycles. The first kappa shape index (κ1) is 23.2. The van der Waals surface area contributed by atoms with Gasteiger partial charge in [0.15, 0.2) is 5.13 Å². The van der Waals surface area contributed by atoms with E-state index in [-0.39, 0.29) is 18.3 Å². The van der Waals surface area contributed by atoms with Crippen LogP contribution in [0.5, 0.6) is 0 Å².